The predicted octanol–water partition coefficient (Wildman–Crippen LogP) is 2.82. The zero-order chi connectivity index (χ0) is 15.1. The van der Waals surface area contributed by atoms with Crippen LogP contribution in [0.3, 0.4) is 0 Å². The van der Waals surface area contributed by atoms with Gasteiger partial charge in [0.1, 0.15) is 11.6 Å². The minimum absolute atomic E-state index is 0.0544. The zero-order valence-corrected chi connectivity index (χ0v) is 11.7. The first-order chi connectivity index (χ1) is 10.1. The van der Waals surface area contributed by atoms with Crippen LogP contribution in [0.1, 0.15) is 17.5 Å². The molecule has 0 radical (unpaired) electrons. The zero-order valence-electron chi connectivity index (χ0n) is 11.7. The summed E-state index contributed by atoms with van der Waals surface area (Å²) in [6, 6.07) is 13.3. The summed E-state index contributed by atoms with van der Waals surface area (Å²) >= 11 is 0. The van der Waals surface area contributed by atoms with E-state index in [2.05, 4.69) is 5.32 Å². The lowest BCUT2D eigenvalue weighted by Gasteiger charge is -2.06. The van der Waals surface area contributed by atoms with Crippen molar-refractivity contribution in [2.24, 2.45) is 0 Å². The molecule has 4 heteroatoms. The number of nitrogens with one attached hydrogen (secondary N) is 1. The van der Waals surface area contributed by atoms with E-state index < -0.39 is 0 Å². The lowest BCUT2D eigenvalue weighted by Crippen LogP contribution is -2.26. The summed E-state index contributed by atoms with van der Waals surface area (Å²) in [5, 5.41) is 12.1. The maximum atomic E-state index is 13.4. The molecule has 0 aliphatic carbocycles. The van der Waals surface area contributed by atoms with Crippen molar-refractivity contribution < 1.29 is 14.3 Å². The first-order valence-corrected chi connectivity index (χ1v) is 6.93. The van der Waals surface area contributed by atoms with Crippen LogP contribution in [0.2, 0.25) is 0 Å². The minimum atomic E-state index is -0.354. The summed E-state index contributed by atoms with van der Waals surface area (Å²) in [5.74, 6) is -0.292. The van der Waals surface area contributed by atoms with E-state index in [1.807, 2.05) is 6.07 Å². The second-order valence-corrected chi connectivity index (χ2v) is 4.89. The number of rotatable bonds is 6. The van der Waals surface area contributed by atoms with E-state index >= 15 is 0 Å². The Morgan fingerprint density at radius 2 is 1.95 bits per heavy atom. The first kappa shape index (κ1) is 15.0. The molecule has 2 aromatic carbocycles. The van der Waals surface area contributed by atoms with Gasteiger partial charge < -0.3 is 10.4 Å². The molecule has 1 amide bonds. The van der Waals surface area contributed by atoms with Crippen molar-refractivity contribution in [3.05, 3.63) is 65.5 Å². The molecule has 0 saturated carbocycles. The highest BCUT2D eigenvalue weighted by atomic mass is 19.1. The van der Waals surface area contributed by atoms with Gasteiger partial charge in [0.05, 0.1) is 6.42 Å². The van der Waals surface area contributed by atoms with Crippen LogP contribution in [0.4, 0.5) is 4.39 Å². The average Bonchev–Trinajstić information content (AvgIpc) is 2.46. The molecule has 0 spiro atoms. The lowest BCUT2D eigenvalue weighted by atomic mass is 10.1. The topological polar surface area (TPSA) is 49.3 Å². The van der Waals surface area contributed by atoms with E-state index in [1.165, 1.54) is 6.07 Å². The third-order valence-corrected chi connectivity index (χ3v) is 3.18. The summed E-state index contributed by atoms with van der Waals surface area (Å²) in [7, 11) is 0. The molecule has 0 aliphatic heterocycles. The SMILES string of the molecule is O=C(Cc1ccccc1F)NCCCc1cccc(O)c1. The molecule has 0 saturated heterocycles. The Bertz CT molecular complexity index is 613. The second kappa shape index (κ2) is 7.43. The summed E-state index contributed by atoms with van der Waals surface area (Å²) in [4.78, 5) is 11.7. The summed E-state index contributed by atoms with van der Waals surface area (Å²) < 4.78 is 13.4. The van der Waals surface area contributed by atoms with Gasteiger partial charge in [0.15, 0.2) is 0 Å². The molecule has 3 nitrogen and oxygen atoms in total. The Labute approximate surface area is 123 Å². The van der Waals surface area contributed by atoms with Gasteiger partial charge in [-0.05, 0) is 42.2 Å². The standard InChI is InChI=1S/C17H18FNO2/c18-16-9-2-1-7-14(16)12-17(21)19-10-4-6-13-5-3-8-15(20)11-13/h1-3,5,7-9,11,20H,4,6,10,12H2,(H,19,21). The van der Waals surface area contributed by atoms with E-state index in [0.717, 1.165) is 18.4 Å². The van der Waals surface area contributed by atoms with E-state index in [-0.39, 0.29) is 23.9 Å². The largest absolute Gasteiger partial charge is 0.508 e. The Kier molecular flexibility index (Phi) is 5.32. The number of carbonyl (C=O) groups excluding carboxylic acids is 1. The molecular formula is C17H18FNO2. The molecule has 0 bridgehead atoms. The predicted molar refractivity (Wildman–Crippen MR) is 79.5 cm³/mol. The Balaban J connectivity index is 1.71. The molecular weight excluding hydrogens is 269 g/mol. The van der Waals surface area contributed by atoms with Gasteiger partial charge in [0, 0.05) is 6.54 Å². The number of hydrogen-bond donors (Lipinski definition) is 2. The minimum Gasteiger partial charge on any atom is -0.508 e. The third-order valence-electron chi connectivity index (χ3n) is 3.18. The van der Waals surface area contributed by atoms with E-state index in [1.54, 1.807) is 36.4 Å². The van der Waals surface area contributed by atoms with Crippen molar-refractivity contribution in [2.45, 2.75) is 19.3 Å². The van der Waals surface area contributed by atoms with Crippen LogP contribution < -0.4 is 5.32 Å². The highest BCUT2D eigenvalue weighted by Crippen LogP contribution is 2.12. The van der Waals surface area contributed by atoms with Crippen molar-refractivity contribution in [3.63, 3.8) is 0 Å². The van der Waals surface area contributed by atoms with Crippen LogP contribution in [0.5, 0.6) is 5.75 Å². The fourth-order valence-corrected chi connectivity index (χ4v) is 2.11. The number of aryl methyl sites for hydroxylation is 1. The van der Waals surface area contributed by atoms with Crippen LogP contribution in [-0.2, 0) is 17.6 Å². The normalized spacial score (nSPS) is 10.3. The number of phenols is 1. The second-order valence-electron chi connectivity index (χ2n) is 4.89. The van der Waals surface area contributed by atoms with Crippen molar-refractivity contribution in [1.29, 1.82) is 0 Å². The van der Waals surface area contributed by atoms with Gasteiger partial charge >= 0.3 is 0 Å². The maximum Gasteiger partial charge on any atom is 0.224 e. The molecule has 0 fully saturated rings. The molecule has 2 rings (SSSR count). The van der Waals surface area contributed by atoms with Gasteiger partial charge in [-0.3, -0.25) is 4.79 Å². The Morgan fingerprint density at radius 3 is 2.71 bits per heavy atom. The third kappa shape index (κ3) is 4.91. The molecule has 0 aromatic heterocycles. The molecule has 21 heavy (non-hydrogen) atoms. The van der Waals surface area contributed by atoms with Gasteiger partial charge in [-0.25, -0.2) is 4.39 Å². The van der Waals surface area contributed by atoms with Crippen molar-refractivity contribution in [2.75, 3.05) is 6.54 Å². The first-order valence-electron chi connectivity index (χ1n) is 6.93. The highest BCUT2D eigenvalue weighted by molar-refractivity contribution is 5.78. The fourth-order valence-electron chi connectivity index (χ4n) is 2.11. The van der Waals surface area contributed by atoms with Gasteiger partial charge in [0.25, 0.3) is 0 Å². The molecule has 110 valence electrons. The highest BCUT2D eigenvalue weighted by Gasteiger charge is 2.06. The Hall–Kier alpha value is -2.36. The van der Waals surface area contributed by atoms with Crippen molar-refractivity contribution in [1.82, 2.24) is 5.32 Å². The fraction of sp³-hybridized carbons (Fsp3) is 0.235. The summed E-state index contributed by atoms with van der Waals surface area (Å²) in [6.07, 6.45) is 1.60. The molecule has 0 atom stereocenters. The van der Waals surface area contributed by atoms with Crippen LogP contribution in [-0.4, -0.2) is 17.6 Å². The molecule has 0 aliphatic rings. The number of amides is 1. The number of phenolic OH excluding ortho intramolecular Hbond substituents is 1. The number of carbonyl (C=O) groups is 1. The summed E-state index contributed by atoms with van der Waals surface area (Å²) in [6.45, 7) is 0.531. The van der Waals surface area contributed by atoms with Crippen LogP contribution in [0, 0.1) is 5.82 Å². The quantitative estimate of drug-likeness (QED) is 0.803. The average molecular weight is 287 g/mol. The van der Waals surface area contributed by atoms with E-state index in [0.29, 0.717) is 12.1 Å². The molecule has 2 aromatic rings. The molecule has 0 heterocycles. The van der Waals surface area contributed by atoms with Crippen LogP contribution in [0.15, 0.2) is 48.5 Å². The Morgan fingerprint density at radius 1 is 1.14 bits per heavy atom. The van der Waals surface area contributed by atoms with Crippen molar-refractivity contribution in [3.8, 4) is 5.75 Å². The van der Waals surface area contributed by atoms with Crippen LogP contribution >= 0.6 is 0 Å². The van der Waals surface area contributed by atoms with Crippen LogP contribution in [0.25, 0.3) is 0 Å². The molecule has 2 N–H and O–H groups in total. The maximum absolute atomic E-state index is 13.4. The van der Waals surface area contributed by atoms with Gasteiger partial charge in [-0.1, -0.05) is 30.3 Å². The number of benzene rings is 2. The lowest BCUT2D eigenvalue weighted by molar-refractivity contribution is -0.120. The number of aromatic hydroxyl groups is 1. The molecule has 0 unspecified atom stereocenters. The van der Waals surface area contributed by atoms with E-state index in [4.69, 9.17) is 0 Å². The number of halogens is 1. The smallest absolute Gasteiger partial charge is 0.224 e. The van der Waals surface area contributed by atoms with Gasteiger partial charge in [0.2, 0.25) is 5.91 Å². The van der Waals surface area contributed by atoms with E-state index in [9.17, 15) is 14.3 Å². The monoisotopic (exact) mass is 287 g/mol. The van der Waals surface area contributed by atoms with Gasteiger partial charge in [-0.15, -0.1) is 0 Å². The number of hydrogen-bond acceptors (Lipinski definition) is 2. The summed E-state index contributed by atoms with van der Waals surface area (Å²) in [5.41, 5.74) is 1.43. The van der Waals surface area contributed by atoms with Crippen molar-refractivity contribution >= 4 is 5.91 Å². The van der Waals surface area contributed by atoms with Gasteiger partial charge in [-0.2, -0.15) is 0 Å².